The highest BCUT2D eigenvalue weighted by atomic mass is 79.9. The molecule has 0 aliphatic heterocycles. The molecule has 0 fully saturated rings. The second kappa shape index (κ2) is 15.2. The van der Waals surface area contributed by atoms with E-state index in [0.29, 0.717) is 30.6 Å². The van der Waals surface area contributed by atoms with Gasteiger partial charge >= 0.3 is 0 Å². The number of aryl methyl sites for hydroxylation is 2. The van der Waals surface area contributed by atoms with E-state index in [9.17, 15) is 4.39 Å². The molecule has 0 unspecified atom stereocenters. The van der Waals surface area contributed by atoms with Crippen molar-refractivity contribution in [3.63, 3.8) is 0 Å². The van der Waals surface area contributed by atoms with Crippen LogP contribution < -0.4 is 20.9 Å². The Morgan fingerprint density at radius 1 is 0.795 bits per heavy atom. The van der Waals surface area contributed by atoms with Crippen molar-refractivity contribution in [1.82, 2.24) is 15.0 Å². The molecule has 0 spiro atoms. The van der Waals surface area contributed by atoms with Gasteiger partial charge in [0.05, 0.1) is 22.6 Å². The molecule has 0 saturated carbocycles. The lowest BCUT2D eigenvalue weighted by Crippen LogP contribution is -2.43. The minimum absolute atomic E-state index is 0.298. The standard InChI is InChI=1S/C22H26FN3O.C13H21BrN2O/c1-14(2)12-22(4,24)13-27-21-8-7-19(26-15(21)3)18-9-10-25-20-11-16(23)5-6-17(18)20;1-9(2)7-13(4,15)8-17-11-5-6-12(14)16-10(11)3/h5-11,14H,12-13,24H2,1-4H3;5-6,9H,7-8,15H2,1-4H3/t22-;13-/m00/s1. The minimum Gasteiger partial charge on any atom is -0.490 e. The predicted molar refractivity (Wildman–Crippen MR) is 181 cm³/mol. The SMILES string of the molecule is Cc1nc(-c2ccnc3cc(F)ccc23)ccc1OC[C@@](C)(N)CC(C)C.Cc1nc(Br)ccc1OC[C@@](C)(N)CC(C)C. The van der Waals surface area contributed by atoms with Crippen LogP contribution in [0.4, 0.5) is 4.39 Å². The van der Waals surface area contributed by atoms with E-state index in [1.807, 2.05) is 58.0 Å². The average molecular weight is 669 g/mol. The van der Waals surface area contributed by atoms with Crippen molar-refractivity contribution in [3.8, 4) is 22.8 Å². The van der Waals surface area contributed by atoms with Gasteiger partial charge in [0, 0.05) is 34.3 Å². The van der Waals surface area contributed by atoms with Crippen LogP contribution in [0.5, 0.6) is 11.5 Å². The molecule has 4 N–H and O–H groups in total. The number of pyridine rings is 3. The summed E-state index contributed by atoms with van der Waals surface area (Å²) in [6.45, 7) is 17.4. The van der Waals surface area contributed by atoms with Crippen molar-refractivity contribution >= 4 is 26.8 Å². The van der Waals surface area contributed by atoms with Gasteiger partial charge in [-0.15, -0.1) is 0 Å². The number of hydrogen-bond donors (Lipinski definition) is 2. The van der Waals surface area contributed by atoms with Crippen molar-refractivity contribution in [2.75, 3.05) is 13.2 Å². The topological polar surface area (TPSA) is 109 Å². The van der Waals surface area contributed by atoms with E-state index < -0.39 is 0 Å². The Hall–Kier alpha value is -3.14. The predicted octanol–water partition coefficient (Wildman–Crippen LogP) is 8.18. The molecule has 2 atom stereocenters. The van der Waals surface area contributed by atoms with Crippen molar-refractivity contribution in [2.24, 2.45) is 23.3 Å². The lowest BCUT2D eigenvalue weighted by molar-refractivity contribution is 0.205. The smallest absolute Gasteiger partial charge is 0.140 e. The van der Waals surface area contributed by atoms with Gasteiger partial charge in [-0.3, -0.25) is 4.98 Å². The zero-order chi connectivity index (χ0) is 32.7. The number of fused-ring (bicyclic) bond motifs is 1. The fourth-order valence-corrected chi connectivity index (χ4v) is 5.73. The molecule has 0 aliphatic rings. The van der Waals surface area contributed by atoms with E-state index in [1.54, 1.807) is 12.3 Å². The Balaban J connectivity index is 0.000000269. The van der Waals surface area contributed by atoms with Gasteiger partial charge < -0.3 is 20.9 Å². The highest BCUT2D eigenvalue weighted by Crippen LogP contribution is 2.29. The molecule has 0 bridgehead atoms. The minimum atomic E-state index is -0.384. The highest BCUT2D eigenvalue weighted by molar-refractivity contribution is 9.10. The van der Waals surface area contributed by atoms with Crippen molar-refractivity contribution in [3.05, 3.63) is 76.5 Å². The van der Waals surface area contributed by atoms with Crippen LogP contribution in [-0.4, -0.2) is 39.2 Å². The molecule has 3 aromatic heterocycles. The molecular weight excluding hydrogens is 621 g/mol. The fraction of sp³-hybridized carbons (Fsp3) is 0.457. The second-order valence-electron chi connectivity index (χ2n) is 13.1. The summed E-state index contributed by atoms with van der Waals surface area (Å²) in [5.41, 5.74) is 15.8. The number of nitrogens with zero attached hydrogens (tertiary/aromatic N) is 3. The van der Waals surface area contributed by atoms with Gasteiger partial charge in [0.1, 0.15) is 35.1 Å². The summed E-state index contributed by atoms with van der Waals surface area (Å²) < 4.78 is 26.0. The van der Waals surface area contributed by atoms with Crippen molar-refractivity contribution < 1.29 is 13.9 Å². The molecule has 4 aromatic rings. The van der Waals surface area contributed by atoms with Gasteiger partial charge in [0.25, 0.3) is 0 Å². The Morgan fingerprint density at radius 2 is 1.34 bits per heavy atom. The van der Waals surface area contributed by atoms with Crippen LogP contribution in [0.1, 0.15) is 65.8 Å². The van der Waals surface area contributed by atoms with Crippen LogP contribution in [-0.2, 0) is 0 Å². The van der Waals surface area contributed by atoms with E-state index in [2.05, 4.69) is 53.6 Å². The van der Waals surface area contributed by atoms with Gasteiger partial charge in [-0.2, -0.15) is 0 Å². The lowest BCUT2D eigenvalue weighted by Gasteiger charge is -2.27. The summed E-state index contributed by atoms with van der Waals surface area (Å²) in [5, 5.41) is 0.867. The summed E-state index contributed by atoms with van der Waals surface area (Å²) in [7, 11) is 0. The molecule has 44 heavy (non-hydrogen) atoms. The van der Waals surface area contributed by atoms with Crippen LogP contribution in [0.15, 0.2) is 59.3 Å². The first-order chi connectivity index (χ1) is 20.5. The first kappa shape index (κ1) is 35.3. The number of ether oxygens (including phenoxy) is 2. The number of benzene rings is 1. The van der Waals surface area contributed by atoms with E-state index in [4.69, 9.17) is 25.9 Å². The third kappa shape index (κ3) is 10.8. The number of nitrogens with two attached hydrogens (primary N) is 2. The Morgan fingerprint density at radius 3 is 1.86 bits per heavy atom. The maximum absolute atomic E-state index is 13.5. The summed E-state index contributed by atoms with van der Waals surface area (Å²) in [4.78, 5) is 13.2. The molecule has 0 aliphatic carbocycles. The third-order valence-electron chi connectivity index (χ3n) is 6.89. The fourth-order valence-electron chi connectivity index (χ4n) is 5.33. The summed E-state index contributed by atoms with van der Waals surface area (Å²) >= 11 is 3.33. The Bertz CT molecular complexity index is 1540. The molecular formula is C35H47BrFN5O2. The molecule has 3 heterocycles. The Kier molecular flexibility index (Phi) is 12.2. The summed E-state index contributed by atoms with van der Waals surface area (Å²) in [6.07, 6.45) is 3.50. The number of aromatic nitrogens is 3. The van der Waals surface area contributed by atoms with E-state index >= 15 is 0 Å². The van der Waals surface area contributed by atoms with Crippen LogP contribution in [0.3, 0.4) is 0 Å². The normalized spacial score (nSPS) is 14.1. The van der Waals surface area contributed by atoms with Crippen molar-refractivity contribution in [1.29, 1.82) is 0 Å². The van der Waals surface area contributed by atoms with Gasteiger partial charge in [-0.25, -0.2) is 14.4 Å². The largest absolute Gasteiger partial charge is 0.490 e. The second-order valence-corrected chi connectivity index (χ2v) is 13.9. The van der Waals surface area contributed by atoms with E-state index in [-0.39, 0.29) is 16.9 Å². The average Bonchev–Trinajstić information content (AvgIpc) is 2.90. The molecule has 9 heteroatoms. The maximum Gasteiger partial charge on any atom is 0.140 e. The molecule has 0 saturated heterocycles. The first-order valence-corrected chi connectivity index (χ1v) is 15.8. The number of hydrogen-bond acceptors (Lipinski definition) is 7. The lowest BCUT2D eigenvalue weighted by atomic mass is 9.93. The zero-order valence-electron chi connectivity index (χ0n) is 27.2. The monoisotopic (exact) mass is 667 g/mol. The molecule has 1 aromatic carbocycles. The first-order valence-electron chi connectivity index (χ1n) is 15.0. The molecule has 0 radical (unpaired) electrons. The van der Waals surface area contributed by atoms with Crippen LogP contribution in [0.2, 0.25) is 0 Å². The highest BCUT2D eigenvalue weighted by Gasteiger charge is 2.22. The van der Waals surface area contributed by atoms with Gasteiger partial charge in [0.2, 0.25) is 0 Å². The van der Waals surface area contributed by atoms with Gasteiger partial charge in [-0.05, 0) is 111 Å². The van der Waals surface area contributed by atoms with Gasteiger partial charge in [-0.1, -0.05) is 27.7 Å². The maximum atomic E-state index is 13.5. The molecule has 7 nitrogen and oxygen atoms in total. The van der Waals surface area contributed by atoms with Crippen LogP contribution >= 0.6 is 15.9 Å². The van der Waals surface area contributed by atoms with Crippen molar-refractivity contribution in [2.45, 2.75) is 79.3 Å². The summed E-state index contributed by atoms with van der Waals surface area (Å²) in [5.74, 6) is 2.30. The Labute approximate surface area is 270 Å². The number of rotatable bonds is 11. The summed E-state index contributed by atoms with van der Waals surface area (Å²) in [6, 6.07) is 14.1. The van der Waals surface area contributed by atoms with E-state index in [1.165, 1.54) is 12.1 Å². The quantitative estimate of drug-likeness (QED) is 0.155. The third-order valence-corrected chi connectivity index (χ3v) is 7.33. The van der Waals surface area contributed by atoms with E-state index in [0.717, 1.165) is 57.0 Å². The zero-order valence-corrected chi connectivity index (χ0v) is 28.8. The van der Waals surface area contributed by atoms with Crippen LogP contribution in [0.25, 0.3) is 22.2 Å². The molecule has 4 rings (SSSR count). The van der Waals surface area contributed by atoms with Crippen LogP contribution in [0, 0.1) is 31.5 Å². The van der Waals surface area contributed by atoms with Gasteiger partial charge in [0.15, 0.2) is 0 Å². The molecule has 0 amide bonds. The molecule has 238 valence electrons. The number of halogens is 2.